The quantitative estimate of drug-likeness (QED) is 0.858. The highest BCUT2D eigenvalue weighted by Crippen LogP contribution is 2.17. The van der Waals surface area contributed by atoms with Gasteiger partial charge in [-0.05, 0) is 27.8 Å². The number of amides is 1. The molecule has 1 aliphatic heterocycles. The fourth-order valence-corrected chi connectivity index (χ4v) is 2.63. The first-order valence-corrected chi connectivity index (χ1v) is 7.92. The third-order valence-corrected chi connectivity index (χ3v) is 4.28. The molecule has 3 heterocycles. The van der Waals surface area contributed by atoms with E-state index in [4.69, 9.17) is 4.52 Å². The summed E-state index contributed by atoms with van der Waals surface area (Å²) in [5.74, 6) is 1.47. The number of hydrogen-bond acceptors (Lipinski definition) is 5. The topological polar surface area (TPSA) is 67.4 Å². The predicted molar refractivity (Wildman–Crippen MR) is 84.8 cm³/mol. The highest BCUT2D eigenvalue weighted by atomic mass is 16.5. The minimum atomic E-state index is -0.100. The van der Waals surface area contributed by atoms with Crippen LogP contribution in [0.1, 0.15) is 41.6 Å². The summed E-state index contributed by atoms with van der Waals surface area (Å²) in [4.78, 5) is 21.2. The number of imidazole rings is 1. The second-order valence-corrected chi connectivity index (χ2v) is 6.40. The Morgan fingerprint density at radius 3 is 2.87 bits per heavy atom. The van der Waals surface area contributed by atoms with Gasteiger partial charge in [0, 0.05) is 37.9 Å². The summed E-state index contributed by atoms with van der Waals surface area (Å²) < 4.78 is 7.13. The number of aromatic nitrogens is 3. The van der Waals surface area contributed by atoms with Gasteiger partial charge in [0.15, 0.2) is 5.69 Å². The van der Waals surface area contributed by atoms with Gasteiger partial charge in [-0.3, -0.25) is 9.69 Å². The molecule has 7 nitrogen and oxygen atoms in total. The Labute approximate surface area is 135 Å². The highest BCUT2D eigenvalue weighted by Gasteiger charge is 2.25. The van der Waals surface area contributed by atoms with Crippen molar-refractivity contribution in [2.24, 2.45) is 0 Å². The molecule has 0 bridgehead atoms. The number of nitrogens with zero attached hydrogens (tertiary/aromatic N) is 5. The molecule has 0 N–H and O–H groups in total. The van der Waals surface area contributed by atoms with E-state index in [1.54, 1.807) is 17.9 Å². The lowest BCUT2D eigenvalue weighted by Gasteiger charge is -2.26. The zero-order chi connectivity index (χ0) is 16.6. The van der Waals surface area contributed by atoms with Crippen LogP contribution in [0.2, 0.25) is 0 Å². The molecule has 0 saturated carbocycles. The van der Waals surface area contributed by atoms with Crippen molar-refractivity contribution in [3.8, 4) is 0 Å². The molecule has 0 atom stereocenters. The molecule has 2 aromatic rings. The van der Waals surface area contributed by atoms with E-state index < -0.39 is 0 Å². The van der Waals surface area contributed by atoms with Gasteiger partial charge in [-0.1, -0.05) is 5.16 Å². The maximum Gasteiger partial charge on any atom is 0.276 e. The lowest BCUT2D eigenvalue weighted by molar-refractivity contribution is 0.0697. The molecular weight excluding hydrogens is 294 g/mol. The van der Waals surface area contributed by atoms with Gasteiger partial charge in [0.25, 0.3) is 5.91 Å². The largest absolute Gasteiger partial charge is 0.361 e. The van der Waals surface area contributed by atoms with Gasteiger partial charge < -0.3 is 14.0 Å². The number of carbonyl (C=O) groups is 1. The first-order chi connectivity index (χ1) is 10.9. The summed E-state index contributed by atoms with van der Waals surface area (Å²) in [6.45, 7) is 8.85. The Balaban J connectivity index is 1.71. The molecule has 0 aromatic carbocycles. The van der Waals surface area contributed by atoms with Crippen molar-refractivity contribution in [3.05, 3.63) is 35.2 Å². The number of fused-ring (bicyclic) bond motifs is 1. The Morgan fingerprint density at radius 1 is 1.43 bits per heavy atom. The van der Waals surface area contributed by atoms with Crippen molar-refractivity contribution in [1.29, 1.82) is 0 Å². The maximum atomic E-state index is 12.5. The monoisotopic (exact) mass is 317 g/mol. The number of aryl methyl sites for hydroxylation is 1. The molecule has 1 aliphatic rings. The van der Waals surface area contributed by atoms with Crippen LogP contribution in [-0.4, -0.2) is 50.0 Å². The molecule has 0 radical (unpaired) electrons. The first-order valence-electron chi connectivity index (χ1n) is 7.92. The van der Waals surface area contributed by atoms with Crippen LogP contribution in [0.15, 0.2) is 16.8 Å². The van der Waals surface area contributed by atoms with Gasteiger partial charge in [-0.25, -0.2) is 4.98 Å². The molecule has 0 saturated heterocycles. The Kier molecular flexibility index (Phi) is 4.21. The summed E-state index contributed by atoms with van der Waals surface area (Å²) in [6, 6.07) is 2.15. The Hall–Kier alpha value is -2.15. The predicted octanol–water partition coefficient (Wildman–Crippen LogP) is 1.68. The minimum absolute atomic E-state index is 0.100. The summed E-state index contributed by atoms with van der Waals surface area (Å²) in [6.07, 6.45) is 2.09. The fraction of sp³-hybridized carbons (Fsp3) is 0.562. The second-order valence-electron chi connectivity index (χ2n) is 6.40. The third-order valence-electron chi connectivity index (χ3n) is 4.28. The van der Waals surface area contributed by atoms with E-state index >= 15 is 0 Å². The zero-order valence-corrected chi connectivity index (χ0v) is 14.1. The molecule has 3 rings (SSSR count). The van der Waals surface area contributed by atoms with E-state index in [0.29, 0.717) is 30.6 Å². The molecule has 0 aliphatic carbocycles. The minimum Gasteiger partial charge on any atom is -0.361 e. The van der Waals surface area contributed by atoms with Crippen molar-refractivity contribution >= 4 is 5.91 Å². The van der Waals surface area contributed by atoms with Crippen molar-refractivity contribution in [2.45, 2.75) is 46.4 Å². The Morgan fingerprint density at radius 2 is 2.22 bits per heavy atom. The summed E-state index contributed by atoms with van der Waals surface area (Å²) in [5, 5.41) is 3.81. The lowest BCUT2D eigenvalue weighted by atomic mass is 10.3. The number of carbonyl (C=O) groups excluding carboxylic acids is 1. The van der Waals surface area contributed by atoms with Crippen molar-refractivity contribution in [2.75, 3.05) is 13.6 Å². The standard InChI is InChI=1S/C16H23N5O2/c1-11(2)19(4)8-13-9-20-5-6-21(10-15(20)17-13)16(22)14-7-12(3)23-18-14/h7,9,11H,5-6,8,10H2,1-4H3. The van der Waals surface area contributed by atoms with Gasteiger partial charge in [-0.2, -0.15) is 0 Å². The van der Waals surface area contributed by atoms with E-state index in [0.717, 1.165) is 24.6 Å². The van der Waals surface area contributed by atoms with E-state index in [-0.39, 0.29) is 5.91 Å². The van der Waals surface area contributed by atoms with E-state index in [2.05, 4.69) is 46.7 Å². The van der Waals surface area contributed by atoms with Crippen LogP contribution in [0.3, 0.4) is 0 Å². The Bertz CT molecular complexity index is 703. The van der Waals surface area contributed by atoms with Gasteiger partial charge in [0.2, 0.25) is 0 Å². The average Bonchev–Trinajstić information content (AvgIpc) is 3.11. The molecule has 1 amide bonds. The van der Waals surface area contributed by atoms with E-state index in [1.807, 2.05) is 0 Å². The third kappa shape index (κ3) is 3.29. The van der Waals surface area contributed by atoms with E-state index in [1.165, 1.54) is 0 Å². The molecule has 2 aromatic heterocycles. The van der Waals surface area contributed by atoms with E-state index in [9.17, 15) is 4.79 Å². The van der Waals surface area contributed by atoms with Crippen molar-refractivity contribution < 1.29 is 9.32 Å². The van der Waals surface area contributed by atoms with Gasteiger partial charge >= 0.3 is 0 Å². The van der Waals surface area contributed by atoms with Crippen LogP contribution in [0.5, 0.6) is 0 Å². The van der Waals surface area contributed by atoms with Crippen LogP contribution in [0.25, 0.3) is 0 Å². The molecule has 0 fully saturated rings. The second kappa shape index (κ2) is 6.16. The molecule has 124 valence electrons. The summed E-state index contributed by atoms with van der Waals surface area (Å²) >= 11 is 0. The van der Waals surface area contributed by atoms with Crippen LogP contribution in [0.4, 0.5) is 0 Å². The number of rotatable bonds is 4. The summed E-state index contributed by atoms with van der Waals surface area (Å²) in [7, 11) is 2.09. The van der Waals surface area contributed by atoms with Crippen LogP contribution in [-0.2, 0) is 19.6 Å². The van der Waals surface area contributed by atoms with Crippen LogP contribution < -0.4 is 0 Å². The SMILES string of the molecule is Cc1cc(C(=O)N2CCn3cc(CN(C)C(C)C)nc3C2)no1. The van der Waals surface area contributed by atoms with Crippen molar-refractivity contribution in [1.82, 2.24) is 24.5 Å². The number of hydrogen-bond donors (Lipinski definition) is 0. The van der Waals surface area contributed by atoms with Gasteiger partial charge in [-0.15, -0.1) is 0 Å². The summed E-state index contributed by atoms with van der Waals surface area (Å²) in [5.41, 5.74) is 1.41. The molecule has 0 spiro atoms. The fourth-order valence-electron chi connectivity index (χ4n) is 2.63. The van der Waals surface area contributed by atoms with Gasteiger partial charge in [0.1, 0.15) is 11.6 Å². The molecule has 23 heavy (non-hydrogen) atoms. The van der Waals surface area contributed by atoms with Gasteiger partial charge in [0.05, 0.1) is 12.2 Å². The van der Waals surface area contributed by atoms with Crippen molar-refractivity contribution in [3.63, 3.8) is 0 Å². The molecule has 7 heteroatoms. The van der Waals surface area contributed by atoms with Crippen LogP contribution >= 0.6 is 0 Å². The lowest BCUT2D eigenvalue weighted by Crippen LogP contribution is -2.38. The molecular formula is C16H23N5O2. The smallest absolute Gasteiger partial charge is 0.276 e. The maximum absolute atomic E-state index is 12.5. The molecule has 0 unspecified atom stereocenters. The normalized spacial score (nSPS) is 14.6. The zero-order valence-electron chi connectivity index (χ0n) is 14.1. The first kappa shape index (κ1) is 15.7. The highest BCUT2D eigenvalue weighted by molar-refractivity contribution is 5.92. The average molecular weight is 317 g/mol. The van der Waals surface area contributed by atoms with Crippen LogP contribution in [0, 0.1) is 6.92 Å².